The van der Waals surface area contributed by atoms with Crippen LogP contribution >= 0.6 is 11.6 Å². The van der Waals surface area contributed by atoms with Gasteiger partial charge in [-0.05, 0) is 35.2 Å². The minimum atomic E-state index is -0.191. The molecule has 7 heteroatoms. The number of nitrogens with one attached hydrogen (secondary N) is 3. The summed E-state index contributed by atoms with van der Waals surface area (Å²) in [5.41, 5.74) is 3.13. The van der Waals surface area contributed by atoms with E-state index in [1.54, 1.807) is 0 Å². The Kier molecular flexibility index (Phi) is 6.34. The predicted molar refractivity (Wildman–Crippen MR) is 115 cm³/mol. The average Bonchev–Trinajstić information content (AvgIpc) is 3.16. The molecule has 1 unspecified atom stereocenters. The lowest BCUT2D eigenvalue weighted by atomic mass is 10.0. The third-order valence-electron chi connectivity index (χ3n) is 5.20. The fourth-order valence-corrected chi connectivity index (χ4v) is 3.92. The molecule has 0 spiro atoms. The number of aromatic amines is 1. The monoisotopic (exact) mass is 412 g/mol. The van der Waals surface area contributed by atoms with Gasteiger partial charge in [-0.3, -0.25) is 4.90 Å². The van der Waals surface area contributed by atoms with Crippen LogP contribution in [0.4, 0.5) is 4.79 Å². The molecule has 1 aliphatic rings. The van der Waals surface area contributed by atoms with Gasteiger partial charge in [0.1, 0.15) is 0 Å². The number of urea groups is 1. The van der Waals surface area contributed by atoms with Crippen molar-refractivity contribution in [2.45, 2.75) is 12.6 Å². The molecular formula is C22H25ClN4O2. The van der Waals surface area contributed by atoms with E-state index in [2.05, 4.69) is 32.7 Å². The molecule has 2 aromatic carbocycles. The maximum Gasteiger partial charge on any atom is 0.315 e. The second kappa shape index (κ2) is 9.31. The molecule has 6 nitrogen and oxygen atoms in total. The number of hydrogen-bond donors (Lipinski definition) is 3. The highest BCUT2D eigenvalue weighted by atomic mass is 35.5. The van der Waals surface area contributed by atoms with Crippen molar-refractivity contribution >= 4 is 28.5 Å². The van der Waals surface area contributed by atoms with Crippen LogP contribution in [0, 0.1) is 0 Å². The minimum Gasteiger partial charge on any atom is -0.379 e. The van der Waals surface area contributed by atoms with Crippen molar-refractivity contribution in [2.75, 3.05) is 32.8 Å². The van der Waals surface area contributed by atoms with Crippen molar-refractivity contribution in [1.82, 2.24) is 20.5 Å². The van der Waals surface area contributed by atoms with Crippen molar-refractivity contribution in [1.29, 1.82) is 0 Å². The Balaban J connectivity index is 1.36. The van der Waals surface area contributed by atoms with Crippen LogP contribution < -0.4 is 10.6 Å². The first-order valence-corrected chi connectivity index (χ1v) is 10.2. The summed E-state index contributed by atoms with van der Waals surface area (Å²) < 4.78 is 5.48. The molecule has 1 aromatic heterocycles. The third kappa shape index (κ3) is 5.09. The fourth-order valence-electron chi connectivity index (χ4n) is 3.72. The minimum absolute atomic E-state index is 0.0522. The number of amides is 2. The molecule has 2 amide bonds. The Labute approximate surface area is 175 Å². The number of carbonyl (C=O) groups is 1. The van der Waals surface area contributed by atoms with E-state index in [-0.39, 0.29) is 12.1 Å². The molecule has 0 bridgehead atoms. The number of morpholine rings is 1. The number of rotatable bonds is 6. The van der Waals surface area contributed by atoms with E-state index in [0.717, 1.165) is 35.2 Å². The van der Waals surface area contributed by atoms with Crippen LogP contribution in [-0.2, 0) is 11.3 Å². The summed E-state index contributed by atoms with van der Waals surface area (Å²) in [5.74, 6) is 0. The maximum atomic E-state index is 12.4. The normalized spacial score (nSPS) is 15.9. The van der Waals surface area contributed by atoms with Gasteiger partial charge in [0.15, 0.2) is 0 Å². The zero-order chi connectivity index (χ0) is 20.1. The largest absolute Gasteiger partial charge is 0.379 e. The highest BCUT2D eigenvalue weighted by Crippen LogP contribution is 2.24. The zero-order valence-corrected chi connectivity index (χ0v) is 16.9. The standard InChI is InChI=1S/C22H25ClN4O2/c23-18-6-3-5-17(12-18)21(27-8-10-29-11-9-27)15-25-22(28)24-14-19-13-16-4-1-2-7-20(16)26-19/h1-7,12-13,21,26H,8-11,14-15H2,(H2,24,25,28). The Hall–Kier alpha value is -2.54. The molecule has 0 radical (unpaired) electrons. The number of halogens is 1. The maximum absolute atomic E-state index is 12.4. The van der Waals surface area contributed by atoms with Gasteiger partial charge in [-0.1, -0.05) is 41.9 Å². The van der Waals surface area contributed by atoms with Gasteiger partial charge in [0.05, 0.1) is 25.8 Å². The van der Waals surface area contributed by atoms with Crippen LogP contribution in [0.5, 0.6) is 0 Å². The molecule has 29 heavy (non-hydrogen) atoms. The van der Waals surface area contributed by atoms with Crippen LogP contribution in [0.2, 0.25) is 5.02 Å². The summed E-state index contributed by atoms with van der Waals surface area (Å²) in [5, 5.41) is 7.78. The molecule has 3 N–H and O–H groups in total. The van der Waals surface area contributed by atoms with E-state index in [1.807, 2.05) is 42.5 Å². The van der Waals surface area contributed by atoms with Crippen molar-refractivity contribution < 1.29 is 9.53 Å². The van der Waals surface area contributed by atoms with Gasteiger partial charge in [-0.25, -0.2) is 4.79 Å². The lowest BCUT2D eigenvalue weighted by Crippen LogP contribution is -2.45. The van der Waals surface area contributed by atoms with Gasteiger partial charge in [0.25, 0.3) is 0 Å². The topological polar surface area (TPSA) is 69.4 Å². The number of H-pyrrole nitrogens is 1. The molecule has 3 aromatic rings. The highest BCUT2D eigenvalue weighted by molar-refractivity contribution is 6.30. The first-order valence-electron chi connectivity index (χ1n) is 9.84. The fraction of sp³-hybridized carbons (Fsp3) is 0.318. The summed E-state index contributed by atoms with van der Waals surface area (Å²) in [6.07, 6.45) is 0. The molecule has 2 heterocycles. The van der Waals surface area contributed by atoms with Gasteiger partial charge in [0.2, 0.25) is 0 Å². The molecular weight excluding hydrogens is 388 g/mol. The average molecular weight is 413 g/mol. The van der Waals surface area contributed by atoms with Gasteiger partial charge in [-0.2, -0.15) is 0 Å². The van der Waals surface area contributed by atoms with Crippen LogP contribution in [-0.4, -0.2) is 48.8 Å². The lowest BCUT2D eigenvalue weighted by molar-refractivity contribution is 0.0167. The van der Waals surface area contributed by atoms with E-state index in [0.29, 0.717) is 31.3 Å². The van der Waals surface area contributed by atoms with Crippen LogP contribution in [0.25, 0.3) is 10.9 Å². The van der Waals surface area contributed by atoms with E-state index in [4.69, 9.17) is 16.3 Å². The van der Waals surface area contributed by atoms with E-state index < -0.39 is 0 Å². The van der Waals surface area contributed by atoms with Gasteiger partial charge < -0.3 is 20.4 Å². The first kappa shape index (κ1) is 19.8. The second-order valence-corrected chi connectivity index (χ2v) is 7.60. The van der Waals surface area contributed by atoms with Gasteiger partial charge >= 0.3 is 6.03 Å². The number of aromatic nitrogens is 1. The Morgan fingerprint density at radius 1 is 1.10 bits per heavy atom. The third-order valence-corrected chi connectivity index (χ3v) is 5.44. The van der Waals surface area contributed by atoms with E-state index in [9.17, 15) is 4.79 Å². The molecule has 0 saturated carbocycles. The molecule has 0 aliphatic carbocycles. The molecule has 152 valence electrons. The van der Waals surface area contributed by atoms with Gasteiger partial charge in [-0.15, -0.1) is 0 Å². The molecule has 1 fully saturated rings. The lowest BCUT2D eigenvalue weighted by Gasteiger charge is -2.35. The van der Waals surface area contributed by atoms with E-state index in [1.165, 1.54) is 0 Å². The first-order chi connectivity index (χ1) is 14.2. The number of carbonyl (C=O) groups excluding carboxylic acids is 1. The Morgan fingerprint density at radius 2 is 1.93 bits per heavy atom. The number of para-hydroxylation sites is 1. The number of benzene rings is 2. The summed E-state index contributed by atoms with van der Waals surface area (Å²) >= 11 is 6.20. The van der Waals surface area contributed by atoms with E-state index >= 15 is 0 Å². The number of hydrogen-bond acceptors (Lipinski definition) is 3. The summed E-state index contributed by atoms with van der Waals surface area (Å²) in [7, 11) is 0. The molecule has 4 rings (SSSR count). The van der Waals surface area contributed by atoms with Crippen molar-refractivity contribution in [3.8, 4) is 0 Å². The zero-order valence-electron chi connectivity index (χ0n) is 16.2. The van der Waals surface area contributed by atoms with Gasteiger partial charge in [0, 0.05) is 35.9 Å². The van der Waals surface area contributed by atoms with Crippen molar-refractivity contribution in [3.63, 3.8) is 0 Å². The van der Waals surface area contributed by atoms with Crippen LogP contribution in [0.15, 0.2) is 54.6 Å². The second-order valence-electron chi connectivity index (χ2n) is 7.16. The predicted octanol–water partition coefficient (Wildman–Crippen LogP) is 3.69. The number of ether oxygens (including phenoxy) is 1. The Bertz CT molecular complexity index is 935. The van der Waals surface area contributed by atoms with Crippen molar-refractivity contribution in [2.24, 2.45) is 0 Å². The Morgan fingerprint density at radius 3 is 2.72 bits per heavy atom. The quantitative estimate of drug-likeness (QED) is 0.578. The highest BCUT2D eigenvalue weighted by Gasteiger charge is 2.23. The smallest absolute Gasteiger partial charge is 0.315 e. The van der Waals surface area contributed by atoms with Crippen molar-refractivity contribution in [3.05, 3.63) is 70.9 Å². The summed E-state index contributed by atoms with van der Waals surface area (Å²) in [4.78, 5) is 18.1. The SMILES string of the molecule is O=C(NCc1cc2ccccc2[nH]1)NCC(c1cccc(Cl)c1)N1CCOCC1. The molecule has 1 atom stereocenters. The molecule has 1 aliphatic heterocycles. The number of fused-ring (bicyclic) bond motifs is 1. The summed E-state index contributed by atoms with van der Waals surface area (Å²) in [6, 6.07) is 17.8. The number of nitrogens with zero attached hydrogens (tertiary/aromatic N) is 1. The summed E-state index contributed by atoms with van der Waals surface area (Å²) in [6.45, 7) is 4.00. The van der Waals surface area contributed by atoms with Crippen LogP contribution in [0.1, 0.15) is 17.3 Å². The molecule has 1 saturated heterocycles. The van der Waals surface area contributed by atoms with Crippen LogP contribution in [0.3, 0.4) is 0 Å².